The smallest absolute Gasteiger partial charge is 0.349 e. The van der Waals surface area contributed by atoms with E-state index in [1.54, 1.807) is 6.92 Å². The SMILES string of the molecule is CC1CCN(C(=O)[C@@H](C)OC(=O)c2cc3ccccc3s2)CC1. The van der Waals surface area contributed by atoms with Gasteiger partial charge in [0.15, 0.2) is 6.10 Å². The van der Waals surface area contributed by atoms with Crippen LogP contribution in [0, 0.1) is 5.92 Å². The fraction of sp³-hybridized carbons (Fsp3) is 0.444. The molecule has 23 heavy (non-hydrogen) atoms. The van der Waals surface area contributed by atoms with Gasteiger partial charge in [0, 0.05) is 17.8 Å². The van der Waals surface area contributed by atoms with Gasteiger partial charge in [-0.25, -0.2) is 4.79 Å². The molecule has 1 aliphatic heterocycles. The molecule has 1 aliphatic rings. The van der Waals surface area contributed by atoms with Crippen LogP contribution in [0.3, 0.4) is 0 Å². The number of thiophene rings is 1. The summed E-state index contributed by atoms with van der Waals surface area (Å²) < 4.78 is 6.43. The number of hydrogen-bond donors (Lipinski definition) is 0. The number of fused-ring (bicyclic) bond motifs is 1. The second-order valence-electron chi connectivity index (χ2n) is 6.20. The number of nitrogens with zero attached hydrogens (tertiary/aromatic N) is 1. The maximum absolute atomic E-state index is 12.4. The Morgan fingerprint density at radius 3 is 2.65 bits per heavy atom. The summed E-state index contributed by atoms with van der Waals surface area (Å²) in [6, 6.07) is 9.64. The summed E-state index contributed by atoms with van der Waals surface area (Å²) in [4.78, 5) is 27.0. The summed E-state index contributed by atoms with van der Waals surface area (Å²) in [5.74, 6) is 0.152. The third-order valence-corrected chi connectivity index (χ3v) is 5.45. The van der Waals surface area contributed by atoms with E-state index >= 15 is 0 Å². The Bertz CT molecular complexity index is 683. The van der Waals surface area contributed by atoms with E-state index in [-0.39, 0.29) is 5.91 Å². The van der Waals surface area contributed by atoms with E-state index < -0.39 is 12.1 Å². The average molecular weight is 331 g/mol. The zero-order valence-corrected chi connectivity index (χ0v) is 14.3. The van der Waals surface area contributed by atoms with Crippen molar-refractivity contribution in [2.45, 2.75) is 32.8 Å². The molecule has 1 saturated heterocycles. The zero-order valence-electron chi connectivity index (χ0n) is 13.5. The van der Waals surface area contributed by atoms with E-state index in [4.69, 9.17) is 4.74 Å². The standard InChI is InChI=1S/C18H21NO3S/c1-12-7-9-19(10-8-12)17(20)13(2)22-18(21)16-11-14-5-3-4-6-15(14)23-16/h3-6,11-13H,7-10H2,1-2H3/t13-/m1/s1. The molecule has 0 bridgehead atoms. The molecule has 0 saturated carbocycles. The van der Waals surface area contributed by atoms with Gasteiger partial charge in [-0.3, -0.25) is 4.79 Å². The van der Waals surface area contributed by atoms with Crippen LogP contribution in [0.1, 0.15) is 36.4 Å². The van der Waals surface area contributed by atoms with Gasteiger partial charge in [-0.2, -0.15) is 0 Å². The van der Waals surface area contributed by atoms with Crippen molar-refractivity contribution in [1.82, 2.24) is 4.90 Å². The molecule has 2 aromatic rings. The van der Waals surface area contributed by atoms with Crippen molar-refractivity contribution >= 4 is 33.3 Å². The number of hydrogen-bond acceptors (Lipinski definition) is 4. The molecular formula is C18H21NO3S. The van der Waals surface area contributed by atoms with E-state index in [2.05, 4.69) is 6.92 Å². The molecule has 1 aromatic heterocycles. The fourth-order valence-electron chi connectivity index (χ4n) is 2.84. The van der Waals surface area contributed by atoms with Crippen molar-refractivity contribution in [2.75, 3.05) is 13.1 Å². The Morgan fingerprint density at radius 1 is 1.26 bits per heavy atom. The number of carbonyl (C=O) groups excluding carboxylic acids is 2. The maximum atomic E-state index is 12.4. The topological polar surface area (TPSA) is 46.6 Å². The minimum absolute atomic E-state index is 0.0913. The largest absolute Gasteiger partial charge is 0.448 e. The molecule has 1 amide bonds. The Balaban J connectivity index is 1.63. The van der Waals surface area contributed by atoms with Gasteiger partial charge >= 0.3 is 5.97 Å². The van der Waals surface area contributed by atoms with Crippen LogP contribution in [0.25, 0.3) is 10.1 Å². The van der Waals surface area contributed by atoms with Gasteiger partial charge in [0.25, 0.3) is 5.91 Å². The van der Waals surface area contributed by atoms with Crippen molar-refractivity contribution in [2.24, 2.45) is 5.92 Å². The molecule has 5 heteroatoms. The minimum atomic E-state index is -0.735. The van der Waals surface area contributed by atoms with Crippen LogP contribution in [0.4, 0.5) is 0 Å². The number of piperidine rings is 1. The molecule has 0 radical (unpaired) electrons. The van der Waals surface area contributed by atoms with Crippen LogP contribution >= 0.6 is 11.3 Å². The Kier molecular flexibility index (Phi) is 4.66. The van der Waals surface area contributed by atoms with Crippen molar-refractivity contribution in [3.8, 4) is 0 Å². The number of esters is 1. The highest BCUT2D eigenvalue weighted by Crippen LogP contribution is 2.26. The van der Waals surface area contributed by atoms with Crippen molar-refractivity contribution in [1.29, 1.82) is 0 Å². The quantitative estimate of drug-likeness (QED) is 0.806. The van der Waals surface area contributed by atoms with E-state index in [1.807, 2.05) is 35.2 Å². The summed E-state index contributed by atoms with van der Waals surface area (Å²) in [7, 11) is 0. The normalized spacial score (nSPS) is 17.2. The van der Waals surface area contributed by atoms with Gasteiger partial charge in [0.2, 0.25) is 0 Å². The lowest BCUT2D eigenvalue weighted by Gasteiger charge is -2.31. The number of benzene rings is 1. The summed E-state index contributed by atoms with van der Waals surface area (Å²) in [5, 5.41) is 1.02. The molecule has 122 valence electrons. The molecule has 1 atom stereocenters. The lowest BCUT2D eigenvalue weighted by molar-refractivity contribution is -0.141. The van der Waals surface area contributed by atoms with Gasteiger partial charge < -0.3 is 9.64 Å². The molecule has 0 N–H and O–H groups in total. The van der Waals surface area contributed by atoms with Crippen LogP contribution in [-0.2, 0) is 9.53 Å². The van der Waals surface area contributed by atoms with Gasteiger partial charge in [0.1, 0.15) is 4.88 Å². The van der Waals surface area contributed by atoms with E-state index in [0.717, 1.165) is 36.0 Å². The van der Waals surface area contributed by atoms with Gasteiger partial charge in [0.05, 0.1) is 0 Å². The number of rotatable bonds is 3. The van der Waals surface area contributed by atoms with Crippen LogP contribution < -0.4 is 0 Å². The Labute approximate surface area is 140 Å². The lowest BCUT2D eigenvalue weighted by atomic mass is 9.99. The molecule has 3 rings (SSSR count). The molecular weight excluding hydrogens is 310 g/mol. The maximum Gasteiger partial charge on any atom is 0.349 e. The summed E-state index contributed by atoms with van der Waals surface area (Å²) in [6.45, 7) is 5.37. The van der Waals surface area contributed by atoms with E-state index in [0.29, 0.717) is 10.8 Å². The van der Waals surface area contributed by atoms with Crippen LogP contribution in [0.15, 0.2) is 30.3 Å². The minimum Gasteiger partial charge on any atom is -0.448 e. The van der Waals surface area contributed by atoms with Crippen molar-refractivity contribution in [3.63, 3.8) is 0 Å². The van der Waals surface area contributed by atoms with Crippen molar-refractivity contribution < 1.29 is 14.3 Å². The second kappa shape index (κ2) is 6.71. The third kappa shape index (κ3) is 3.55. The molecule has 4 nitrogen and oxygen atoms in total. The first-order valence-corrected chi connectivity index (χ1v) is 8.84. The lowest BCUT2D eigenvalue weighted by Crippen LogP contribution is -2.44. The predicted octanol–water partition coefficient (Wildman–Crippen LogP) is 3.71. The highest BCUT2D eigenvalue weighted by atomic mass is 32.1. The molecule has 1 fully saturated rings. The number of ether oxygens (including phenoxy) is 1. The Morgan fingerprint density at radius 2 is 1.96 bits per heavy atom. The third-order valence-electron chi connectivity index (χ3n) is 4.35. The predicted molar refractivity (Wildman–Crippen MR) is 91.7 cm³/mol. The van der Waals surface area contributed by atoms with Gasteiger partial charge in [-0.15, -0.1) is 11.3 Å². The van der Waals surface area contributed by atoms with E-state index in [9.17, 15) is 9.59 Å². The molecule has 0 unspecified atom stereocenters. The highest BCUT2D eigenvalue weighted by Gasteiger charge is 2.27. The van der Waals surface area contributed by atoms with Crippen molar-refractivity contribution in [3.05, 3.63) is 35.2 Å². The van der Waals surface area contributed by atoms with Gasteiger partial charge in [-0.05, 0) is 43.2 Å². The summed E-state index contributed by atoms with van der Waals surface area (Å²) in [5.41, 5.74) is 0. The Hall–Kier alpha value is -1.88. The summed E-state index contributed by atoms with van der Waals surface area (Å²) in [6.07, 6.45) is 1.30. The first kappa shape index (κ1) is 16.0. The molecule has 0 aliphatic carbocycles. The highest BCUT2D eigenvalue weighted by molar-refractivity contribution is 7.20. The summed E-state index contributed by atoms with van der Waals surface area (Å²) >= 11 is 1.40. The molecule has 1 aromatic carbocycles. The van der Waals surface area contributed by atoms with Crippen LogP contribution in [0.5, 0.6) is 0 Å². The fourth-order valence-corrected chi connectivity index (χ4v) is 3.78. The second-order valence-corrected chi connectivity index (χ2v) is 7.29. The van der Waals surface area contributed by atoms with Crippen LogP contribution in [0.2, 0.25) is 0 Å². The number of likely N-dealkylation sites (tertiary alicyclic amines) is 1. The van der Waals surface area contributed by atoms with Gasteiger partial charge in [-0.1, -0.05) is 25.1 Å². The first-order valence-electron chi connectivity index (χ1n) is 8.03. The van der Waals surface area contributed by atoms with E-state index in [1.165, 1.54) is 11.3 Å². The molecule has 0 spiro atoms. The molecule has 2 heterocycles. The number of amides is 1. The average Bonchev–Trinajstić information content (AvgIpc) is 2.99. The first-order chi connectivity index (χ1) is 11.0. The monoisotopic (exact) mass is 331 g/mol. The number of carbonyl (C=O) groups is 2. The zero-order chi connectivity index (χ0) is 16.4. The van der Waals surface area contributed by atoms with Crippen LogP contribution in [-0.4, -0.2) is 36.0 Å².